The summed E-state index contributed by atoms with van der Waals surface area (Å²) in [5.74, 6) is 1.86. The molecule has 0 bridgehead atoms. The summed E-state index contributed by atoms with van der Waals surface area (Å²) in [7, 11) is 1.63. The van der Waals surface area contributed by atoms with Crippen molar-refractivity contribution in [3.63, 3.8) is 0 Å². The number of hydrogen-bond donors (Lipinski definition) is 0. The predicted octanol–water partition coefficient (Wildman–Crippen LogP) is 2.76. The van der Waals surface area contributed by atoms with Gasteiger partial charge in [0.15, 0.2) is 0 Å². The summed E-state index contributed by atoms with van der Waals surface area (Å²) in [4.78, 5) is 22.2. The van der Waals surface area contributed by atoms with Crippen LogP contribution in [0.3, 0.4) is 0 Å². The molecule has 1 aliphatic carbocycles. The second-order valence-corrected chi connectivity index (χ2v) is 6.58. The minimum absolute atomic E-state index is 0.0293. The van der Waals surface area contributed by atoms with Crippen LogP contribution < -0.4 is 10.3 Å². The molecule has 0 unspecified atom stereocenters. The van der Waals surface area contributed by atoms with Crippen molar-refractivity contribution >= 4 is 16.7 Å². The van der Waals surface area contributed by atoms with E-state index >= 15 is 0 Å². The van der Waals surface area contributed by atoms with E-state index in [1.54, 1.807) is 11.6 Å². The van der Waals surface area contributed by atoms with Crippen molar-refractivity contribution in [1.82, 2.24) is 24.1 Å². The first-order chi connectivity index (χ1) is 12.7. The molecule has 1 aliphatic rings. The van der Waals surface area contributed by atoms with Gasteiger partial charge in [-0.2, -0.15) is 9.50 Å². The molecule has 7 heteroatoms. The lowest BCUT2D eigenvalue weighted by Gasteiger charge is -2.11. The monoisotopic (exact) mass is 347 g/mol. The number of methoxy groups -OCH3 is 1. The van der Waals surface area contributed by atoms with Gasteiger partial charge in [0.2, 0.25) is 0 Å². The van der Waals surface area contributed by atoms with Crippen molar-refractivity contribution in [3.8, 4) is 17.0 Å². The zero-order valence-electron chi connectivity index (χ0n) is 14.5. The average Bonchev–Trinajstić information content (AvgIpc) is 3.41. The van der Waals surface area contributed by atoms with Crippen LogP contribution >= 0.6 is 0 Å². The van der Waals surface area contributed by atoms with Crippen LogP contribution in [0.25, 0.3) is 27.9 Å². The third-order valence-electron chi connectivity index (χ3n) is 4.77. The van der Waals surface area contributed by atoms with E-state index in [0.29, 0.717) is 34.2 Å². The van der Waals surface area contributed by atoms with E-state index in [2.05, 4.69) is 15.1 Å². The van der Waals surface area contributed by atoms with E-state index in [9.17, 15) is 4.79 Å². The fourth-order valence-corrected chi connectivity index (χ4v) is 3.35. The van der Waals surface area contributed by atoms with Gasteiger partial charge < -0.3 is 9.30 Å². The Morgan fingerprint density at radius 3 is 2.58 bits per heavy atom. The molecule has 1 saturated carbocycles. The second-order valence-electron chi connectivity index (χ2n) is 6.58. The Labute approximate surface area is 148 Å². The Morgan fingerprint density at radius 2 is 1.88 bits per heavy atom. The fourth-order valence-electron chi connectivity index (χ4n) is 3.35. The zero-order valence-corrected chi connectivity index (χ0v) is 14.5. The first-order valence-corrected chi connectivity index (χ1v) is 8.58. The molecule has 0 amide bonds. The number of aryl methyl sites for hydroxylation is 1. The summed E-state index contributed by atoms with van der Waals surface area (Å²) in [6.07, 6.45) is 3.93. The van der Waals surface area contributed by atoms with Gasteiger partial charge in [-0.1, -0.05) is 0 Å². The summed E-state index contributed by atoms with van der Waals surface area (Å²) >= 11 is 0. The average molecular weight is 347 g/mol. The van der Waals surface area contributed by atoms with E-state index in [0.717, 1.165) is 24.2 Å². The summed E-state index contributed by atoms with van der Waals surface area (Å²) in [5.41, 5.74) is 2.20. The number of rotatable bonds is 3. The van der Waals surface area contributed by atoms with Crippen LogP contribution in [0, 0.1) is 6.92 Å². The van der Waals surface area contributed by atoms with Crippen molar-refractivity contribution < 1.29 is 4.74 Å². The number of hydrogen-bond acceptors (Lipinski definition) is 5. The maximum atomic E-state index is 13.2. The number of fused-ring (bicyclic) bond motifs is 2. The van der Waals surface area contributed by atoms with Gasteiger partial charge in [-0.25, -0.2) is 4.98 Å². The molecule has 5 rings (SSSR count). The number of pyridine rings is 1. The summed E-state index contributed by atoms with van der Waals surface area (Å²) in [5, 5.41) is 5.05. The Kier molecular flexibility index (Phi) is 3.12. The van der Waals surface area contributed by atoms with Gasteiger partial charge >= 0.3 is 0 Å². The summed E-state index contributed by atoms with van der Waals surface area (Å²) < 4.78 is 8.73. The van der Waals surface area contributed by atoms with Crippen molar-refractivity contribution in [2.24, 2.45) is 0 Å². The van der Waals surface area contributed by atoms with Crippen molar-refractivity contribution in [2.45, 2.75) is 25.8 Å². The van der Waals surface area contributed by atoms with Crippen LogP contribution in [0.1, 0.15) is 24.7 Å². The van der Waals surface area contributed by atoms with Crippen LogP contribution in [-0.4, -0.2) is 31.3 Å². The lowest BCUT2D eigenvalue weighted by atomic mass is 10.1. The molecule has 26 heavy (non-hydrogen) atoms. The number of ether oxygens (including phenoxy) is 1. The Morgan fingerprint density at radius 1 is 1.12 bits per heavy atom. The van der Waals surface area contributed by atoms with Gasteiger partial charge in [0, 0.05) is 17.8 Å². The molecule has 0 radical (unpaired) electrons. The molecule has 4 aromatic rings. The number of nitrogens with zero attached hydrogens (tertiary/aromatic N) is 5. The maximum Gasteiger partial charge on any atom is 0.262 e. The Hall–Kier alpha value is -3.22. The van der Waals surface area contributed by atoms with E-state index in [4.69, 9.17) is 4.74 Å². The highest BCUT2D eigenvalue weighted by Crippen LogP contribution is 2.34. The molecular formula is C19H17N5O2. The molecule has 0 spiro atoms. The molecule has 0 atom stereocenters. The summed E-state index contributed by atoms with van der Waals surface area (Å²) in [6.45, 7) is 1.82. The second kappa shape index (κ2) is 5.39. The maximum absolute atomic E-state index is 13.2. The molecule has 7 nitrogen and oxygen atoms in total. The van der Waals surface area contributed by atoms with Crippen LogP contribution in [0.4, 0.5) is 0 Å². The Balaban J connectivity index is 1.91. The molecule has 1 aromatic carbocycles. The van der Waals surface area contributed by atoms with E-state index in [1.165, 1.54) is 0 Å². The zero-order chi connectivity index (χ0) is 17.8. The van der Waals surface area contributed by atoms with Gasteiger partial charge in [-0.3, -0.25) is 4.79 Å². The highest BCUT2D eigenvalue weighted by Gasteiger charge is 2.26. The van der Waals surface area contributed by atoms with Crippen LogP contribution in [0.5, 0.6) is 5.75 Å². The lowest BCUT2D eigenvalue weighted by Crippen LogP contribution is -2.20. The van der Waals surface area contributed by atoms with Crippen molar-refractivity contribution in [3.05, 3.63) is 52.7 Å². The van der Waals surface area contributed by atoms with Gasteiger partial charge in [0.1, 0.15) is 11.6 Å². The van der Waals surface area contributed by atoms with Crippen molar-refractivity contribution in [2.75, 3.05) is 7.11 Å². The van der Waals surface area contributed by atoms with Gasteiger partial charge in [-0.05, 0) is 50.1 Å². The number of benzene rings is 1. The molecule has 0 saturated heterocycles. The molecule has 0 aliphatic heterocycles. The molecule has 0 N–H and O–H groups in total. The van der Waals surface area contributed by atoms with E-state index < -0.39 is 0 Å². The lowest BCUT2D eigenvalue weighted by molar-refractivity contribution is 0.415. The molecule has 3 heterocycles. The topological polar surface area (TPSA) is 74.3 Å². The van der Waals surface area contributed by atoms with Gasteiger partial charge in [0.05, 0.1) is 23.7 Å². The highest BCUT2D eigenvalue weighted by atomic mass is 16.5. The highest BCUT2D eigenvalue weighted by molar-refractivity contribution is 5.93. The van der Waals surface area contributed by atoms with Crippen molar-refractivity contribution in [1.29, 1.82) is 0 Å². The van der Waals surface area contributed by atoms with Crippen LogP contribution in [0.15, 0.2) is 41.3 Å². The standard InChI is InChI=1S/C19H17N5O2/c1-11-20-19-21-15-9-10-23(13-5-6-13)18(25)16(15)17(24(19)22-11)12-3-7-14(26-2)8-4-12/h3-4,7-10,13H,5-6H2,1-2H3. The largest absolute Gasteiger partial charge is 0.497 e. The third-order valence-corrected chi connectivity index (χ3v) is 4.77. The SMILES string of the molecule is COc1ccc(-c2c3c(=O)n(C4CC4)ccc3nc3nc(C)nn23)cc1. The number of aromatic nitrogens is 5. The van der Waals surface area contributed by atoms with E-state index in [1.807, 2.05) is 48.0 Å². The molecular weight excluding hydrogens is 330 g/mol. The van der Waals surface area contributed by atoms with Gasteiger partial charge in [-0.15, -0.1) is 5.10 Å². The molecule has 1 fully saturated rings. The van der Waals surface area contributed by atoms with Crippen LogP contribution in [0.2, 0.25) is 0 Å². The van der Waals surface area contributed by atoms with E-state index in [-0.39, 0.29) is 5.56 Å². The smallest absolute Gasteiger partial charge is 0.262 e. The Bertz CT molecular complexity index is 1200. The molecule has 130 valence electrons. The quantitative estimate of drug-likeness (QED) is 0.570. The summed E-state index contributed by atoms with van der Waals surface area (Å²) in [6, 6.07) is 9.80. The minimum atomic E-state index is -0.0293. The minimum Gasteiger partial charge on any atom is -0.497 e. The first-order valence-electron chi connectivity index (χ1n) is 8.58. The molecule has 3 aromatic heterocycles. The fraction of sp³-hybridized carbons (Fsp3) is 0.263. The predicted molar refractivity (Wildman–Crippen MR) is 97.5 cm³/mol. The normalized spacial score (nSPS) is 14.2. The first kappa shape index (κ1) is 15.1. The van der Waals surface area contributed by atoms with Crippen LogP contribution in [-0.2, 0) is 0 Å². The van der Waals surface area contributed by atoms with Gasteiger partial charge in [0.25, 0.3) is 11.3 Å². The third kappa shape index (κ3) is 2.20.